The van der Waals surface area contributed by atoms with Crippen LogP contribution in [0.3, 0.4) is 0 Å². The maximum Gasteiger partial charge on any atom is 0.214 e. The van der Waals surface area contributed by atoms with Crippen LogP contribution in [-0.2, 0) is 10.0 Å². The second-order valence-corrected chi connectivity index (χ2v) is 10.1. The third-order valence-corrected chi connectivity index (χ3v) is 8.37. The molecule has 24 heavy (non-hydrogen) atoms. The van der Waals surface area contributed by atoms with E-state index in [0.29, 0.717) is 36.1 Å². The topological polar surface area (TPSA) is 63.2 Å². The van der Waals surface area contributed by atoms with Gasteiger partial charge in [0.1, 0.15) is 5.82 Å². The highest BCUT2D eigenvalue weighted by Crippen LogP contribution is 2.58. The summed E-state index contributed by atoms with van der Waals surface area (Å²) < 4.78 is 27.1. The summed E-state index contributed by atoms with van der Waals surface area (Å²) in [6.45, 7) is 3.20. The molecule has 3 fully saturated rings. The van der Waals surface area contributed by atoms with E-state index < -0.39 is 10.0 Å². The molecule has 0 amide bonds. The Kier molecular flexibility index (Phi) is 4.15. The molecule has 0 bridgehead atoms. The average Bonchev–Trinajstić information content (AvgIpc) is 2.49. The van der Waals surface area contributed by atoms with Crippen molar-refractivity contribution in [1.82, 2.24) is 14.3 Å². The van der Waals surface area contributed by atoms with E-state index in [1.165, 1.54) is 19.3 Å². The highest BCUT2D eigenvalue weighted by atomic mass is 32.2. The second-order valence-electron chi connectivity index (χ2n) is 8.14. The zero-order chi connectivity index (χ0) is 16.8. The SMILES string of the molecule is Cc1ccnc(C2CCN(S(=O)(=O)CC3CC4(CCC4)C3)CC2)n1. The summed E-state index contributed by atoms with van der Waals surface area (Å²) in [5.74, 6) is 1.92. The molecular weight excluding hydrogens is 322 g/mol. The molecule has 1 saturated heterocycles. The second kappa shape index (κ2) is 6.06. The Morgan fingerprint density at radius 3 is 2.54 bits per heavy atom. The molecule has 0 unspecified atom stereocenters. The maximum absolute atomic E-state index is 12.7. The predicted octanol–water partition coefficient (Wildman–Crippen LogP) is 2.87. The van der Waals surface area contributed by atoms with Crippen molar-refractivity contribution in [2.75, 3.05) is 18.8 Å². The first-order valence-corrected chi connectivity index (χ1v) is 10.8. The first-order chi connectivity index (χ1) is 11.5. The lowest BCUT2D eigenvalue weighted by atomic mass is 9.52. The Balaban J connectivity index is 1.31. The van der Waals surface area contributed by atoms with Gasteiger partial charge in [0.25, 0.3) is 0 Å². The lowest BCUT2D eigenvalue weighted by Crippen LogP contribution is -2.48. The molecule has 0 radical (unpaired) electrons. The smallest absolute Gasteiger partial charge is 0.214 e. The quantitative estimate of drug-likeness (QED) is 0.838. The van der Waals surface area contributed by atoms with Crippen LogP contribution >= 0.6 is 0 Å². The van der Waals surface area contributed by atoms with Gasteiger partial charge in [-0.3, -0.25) is 0 Å². The van der Waals surface area contributed by atoms with E-state index in [0.717, 1.165) is 37.2 Å². The molecule has 1 spiro atoms. The molecule has 1 aromatic heterocycles. The van der Waals surface area contributed by atoms with Crippen molar-refractivity contribution in [2.45, 2.75) is 57.8 Å². The van der Waals surface area contributed by atoms with E-state index in [-0.39, 0.29) is 0 Å². The lowest BCUT2D eigenvalue weighted by molar-refractivity contribution is -0.0151. The maximum atomic E-state index is 12.7. The summed E-state index contributed by atoms with van der Waals surface area (Å²) in [4.78, 5) is 8.88. The van der Waals surface area contributed by atoms with Crippen LogP contribution in [0.4, 0.5) is 0 Å². The molecule has 2 saturated carbocycles. The van der Waals surface area contributed by atoms with Crippen LogP contribution in [0.1, 0.15) is 62.4 Å². The zero-order valence-corrected chi connectivity index (χ0v) is 15.3. The number of rotatable bonds is 4. The van der Waals surface area contributed by atoms with E-state index >= 15 is 0 Å². The molecule has 2 heterocycles. The Morgan fingerprint density at radius 1 is 1.25 bits per heavy atom. The van der Waals surface area contributed by atoms with Crippen molar-refractivity contribution in [3.8, 4) is 0 Å². The first-order valence-electron chi connectivity index (χ1n) is 9.23. The van der Waals surface area contributed by atoms with Crippen LogP contribution in [-0.4, -0.2) is 41.5 Å². The fourth-order valence-corrected chi connectivity index (χ4v) is 6.64. The molecular formula is C18H27N3O2S. The number of aromatic nitrogens is 2. The van der Waals surface area contributed by atoms with E-state index in [1.807, 2.05) is 13.0 Å². The summed E-state index contributed by atoms with van der Waals surface area (Å²) in [5.41, 5.74) is 1.53. The molecule has 0 aromatic carbocycles. The van der Waals surface area contributed by atoms with Crippen LogP contribution < -0.4 is 0 Å². The van der Waals surface area contributed by atoms with Crippen LogP contribution in [0.5, 0.6) is 0 Å². The monoisotopic (exact) mass is 349 g/mol. The van der Waals surface area contributed by atoms with Crippen molar-refractivity contribution in [3.05, 3.63) is 23.8 Å². The largest absolute Gasteiger partial charge is 0.241 e. The Morgan fingerprint density at radius 2 is 1.96 bits per heavy atom. The van der Waals surface area contributed by atoms with Crippen LogP contribution in [0.15, 0.2) is 12.3 Å². The molecule has 5 nitrogen and oxygen atoms in total. The van der Waals surface area contributed by atoms with Gasteiger partial charge >= 0.3 is 0 Å². The van der Waals surface area contributed by atoms with Gasteiger partial charge in [-0.15, -0.1) is 0 Å². The molecule has 1 aliphatic heterocycles. The van der Waals surface area contributed by atoms with Gasteiger partial charge in [-0.1, -0.05) is 6.42 Å². The van der Waals surface area contributed by atoms with E-state index in [1.54, 1.807) is 10.5 Å². The zero-order valence-electron chi connectivity index (χ0n) is 14.4. The highest BCUT2D eigenvalue weighted by Gasteiger charge is 2.49. The summed E-state index contributed by atoms with van der Waals surface area (Å²) in [6, 6.07) is 1.90. The van der Waals surface area contributed by atoms with Gasteiger partial charge in [-0.25, -0.2) is 22.7 Å². The first kappa shape index (κ1) is 16.5. The Labute approximate surface area is 144 Å². The van der Waals surface area contributed by atoms with Crippen LogP contribution in [0.25, 0.3) is 0 Å². The van der Waals surface area contributed by atoms with Gasteiger partial charge in [0.2, 0.25) is 10.0 Å². The normalized spacial score (nSPS) is 25.4. The van der Waals surface area contributed by atoms with E-state index in [2.05, 4.69) is 9.97 Å². The minimum Gasteiger partial charge on any atom is -0.241 e. The average molecular weight is 350 g/mol. The number of nitrogens with zero attached hydrogens (tertiary/aromatic N) is 3. The van der Waals surface area contributed by atoms with Gasteiger partial charge in [0, 0.05) is 30.9 Å². The molecule has 0 atom stereocenters. The summed E-state index contributed by atoms with van der Waals surface area (Å²) in [5, 5.41) is 0. The van der Waals surface area contributed by atoms with Crippen molar-refractivity contribution in [3.63, 3.8) is 0 Å². The van der Waals surface area contributed by atoms with Crippen molar-refractivity contribution < 1.29 is 8.42 Å². The summed E-state index contributed by atoms with van der Waals surface area (Å²) in [6.07, 6.45) is 9.73. The number of piperidine rings is 1. The molecule has 0 N–H and O–H groups in total. The summed E-state index contributed by atoms with van der Waals surface area (Å²) in [7, 11) is -3.10. The van der Waals surface area contributed by atoms with Crippen molar-refractivity contribution in [2.24, 2.45) is 11.3 Å². The van der Waals surface area contributed by atoms with Crippen molar-refractivity contribution >= 4 is 10.0 Å². The van der Waals surface area contributed by atoms with Gasteiger partial charge < -0.3 is 0 Å². The Bertz CT molecular complexity index is 699. The number of aryl methyl sites for hydroxylation is 1. The van der Waals surface area contributed by atoms with E-state index in [9.17, 15) is 8.42 Å². The van der Waals surface area contributed by atoms with Gasteiger partial charge in [0.15, 0.2) is 0 Å². The highest BCUT2D eigenvalue weighted by molar-refractivity contribution is 7.89. The molecule has 6 heteroatoms. The minimum absolute atomic E-state index is 0.290. The summed E-state index contributed by atoms with van der Waals surface area (Å²) >= 11 is 0. The van der Waals surface area contributed by atoms with Crippen LogP contribution in [0, 0.1) is 18.3 Å². The van der Waals surface area contributed by atoms with Gasteiger partial charge in [-0.2, -0.15) is 0 Å². The number of hydrogen-bond acceptors (Lipinski definition) is 4. The molecule has 3 aliphatic rings. The van der Waals surface area contributed by atoms with Gasteiger partial charge in [-0.05, 0) is 62.8 Å². The van der Waals surface area contributed by atoms with Crippen LogP contribution in [0.2, 0.25) is 0 Å². The molecule has 4 rings (SSSR count). The Hall–Kier alpha value is -1.01. The lowest BCUT2D eigenvalue weighted by Gasteiger charge is -2.54. The van der Waals surface area contributed by atoms with E-state index in [4.69, 9.17) is 0 Å². The standard InChI is InChI=1S/C18H27N3O2S/c1-14-3-8-19-17(20-14)16-4-9-21(10-5-16)24(22,23)13-15-11-18(12-15)6-2-7-18/h3,8,15-16H,2,4-7,9-13H2,1H3. The molecule has 2 aliphatic carbocycles. The fraction of sp³-hybridized carbons (Fsp3) is 0.778. The minimum atomic E-state index is -3.10. The van der Waals surface area contributed by atoms with Gasteiger partial charge in [0.05, 0.1) is 5.75 Å². The molecule has 1 aromatic rings. The number of sulfonamides is 1. The fourth-order valence-electron chi connectivity index (χ4n) is 4.83. The molecule has 132 valence electrons. The third kappa shape index (κ3) is 3.10. The predicted molar refractivity (Wildman–Crippen MR) is 93.1 cm³/mol. The number of hydrogen-bond donors (Lipinski definition) is 0. The van der Waals surface area contributed by atoms with Crippen molar-refractivity contribution in [1.29, 1.82) is 0 Å². The third-order valence-electron chi connectivity index (χ3n) is 6.33.